The van der Waals surface area contributed by atoms with Gasteiger partial charge in [-0.2, -0.15) is 0 Å². The van der Waals surface area contributed by atoms with Gasteiger partial charge in [0.15, 0.2) is 0 Å². The fourth-order valence-electron chi connectivity index (χ4n) is 8.18. The van der Waals surface area contributed by atoms with Crippen molar-refractivity contribution >= 4 is 75.4 Å². The molecule has 0 bridgehead atoms. The third kappa shape index (κ3) is 7.64. The van der Waals surface area contributed by atoms with Crippen molar-refractivity contribution in [2.75, 3.05) is 30.3 Å². The minimum atomic E-state index is -1.37. The van der Waals surface area contributed by atoms with Crippen LogP contribution in [-0.2, 0) is 41.5 Å². The number of thioether (sulfide) groups is 1. The molecule has 18 heteroatoms. The molecule has 2 N–H and O–H groups in total. The summed E-state index contributed by atoms with van der Waals surface area (Å²) in [5.41, 5.74) is 0.468. The fourth-order valence-corrected chi connectivity index (χ4v) is 10.2. The van der Waals surface area contributed by atoms with Gasteiger partial charge in [-0.25, -0.2) is 18.8 Å². The Kier molecular flexibility index (Phi) is 11.3. The summed E-state index contributed by atoms with van der Waals surface area (Å²) >= 11 is 2.72. The van der Waals surface area contributed by atoms with E-state index in [4.69, 9.17) is 14.2 Å². The second-order valence-corrected chi connectivity index (χ2v) is 17.1. The van der Waals surface area contributed by atoms with Crippen LogP contribution in [-0.4, -0.2) is 93.2 Å². The van der Waals surface area contributed by atoms with Gasteiger partial charge in [0.1, 0.15) is 52.5 Å². The average molecular weight is 859 g/mol. The maximum Gasteiger partial charge on any atom is 0.360 e. The number of hydrogen-bond acceptors (Lipinski definition) is 13. The largest absolute Gasteiger partial charge is 0.477 e. The molecule has 60 heavy (non-hydrogen) atoms. The summed E-state index contributed by atoms with van der Waals surface area (Å²) in [6.07, 6.45) is 2.63. The molecule has 3 atom stereocenters. The lowest BCUT2D eigenvalue weighted by Crippen LogP contribution is -2.71. The molecule has 0 aliphatic carbocycles. The Morgan fingerprint density at radius 1 is 1.00 bits per heavy atom. The van der Waals surface area contributed by atoms with Crippen LogP contribution >= 0.6 is 23.1 Å². The number of aromatic carboxylic acids is 1. The van der Waals surface area contributed by atoms with Crippen LogP contribution in [0.3, 0.4) is 0 Å². The van der Waals surface area contributed by atoms with Crippen molar-refractivity contribution in [3.8, 4) is 5.75 Å². The molecule has 2 saturated heterocycles. The Labute approximate surface area is 350 Å². The number of rotatable bonds is 11. The quantitative estimate of drug-likeness (QED) is 0.121. The Morgan fingerprint density at radius 2 is 1.77 bits per heavy atom. The van der Waals surface area contributed by atoms with Crippen molar-refractivity contribution in [1.29, 1.82) is 0 Å². The van der Waals surface area contributed by atoms with Gasteiger partial charge in [-0.1, -0.05) is 18.2 Å². The molecule has 2 aromatic heterocycles. The summed E-state index contributed by atoms with van der Waals surface area (Å²) in [5.74, 6) is -5.15. The Hall–Kier alpha value is -6.01. The molecule has 1 unspecified atom stereocenters. The van der Waals surface area contributed by atoms with Crippen LogP contribution in [0.4, 0.5) is 10.1 Å². The number of thiophene rings is 1. The number of carbonyl (C=O) groups is 6. The zero-order chi connectivity index (χ0) is 42.4. The summed E-state index contributed by atoms with van der Waals surface area (Å²) in [6, 6.07) is 9.75. The number of esters is 3. The second kappa shape index (κ2) is 16.6. The van der Waals surface area contributed by atoms with Gasteiger partial charge in [-0.3, -0.25) is 24.1 Å². The van der Waals surface area contributed by atoms with Gasteiger partial charge < -0.3 is 34.1 Å². The number of benzene rings is 2. The van der Waals surface area contributed by atoms with Gasteiger partial charge in [0, 0.05) is 72.2 Å². The van der Waals surface area contributed by atoms with Crippen LogP contribution < -0.4 is 20.4 Å². The average Bonchev–Trinajstić information content (AvgIpc) is 3.74. The molecule has 4 aliphatic rings. The molecule has 0 saturated carbocycles. The molecule has 6 heterocycles. The summed E-state index contributed by atoms with van der Waals surface area (Å²) < 4.78 is 34.5. The molecule has 4 aromatic rings. The standard InChI is InChI=1S/C42H39FN4O11S2/c1-21-9-10-27-35-28(37(50)29(40(52)53)18-46(21)35)17-30(43)36(27)45-13-11-24(12-14-45)57-41(54)26-7-3-4-8-31(26)58-42(55)34-23(19-56-22(2)48)20-60-39-33(38(51)47(34)39)44-32(49)16-25-6-5-15-59-25/h3-8,15,17-18,21,24,33,39H,9-14,16,19-20H2,1-2H3,(H,44,49)(H,52,53)/t21?,33-,39+/m0/s1. The number of nitrogens with zero attached hydrogens (tertiary/aromatic N) is 3. The van der Waals surface area contributed by atoms with Gasteiger partial charge in [-0.05, 0) is 49.4 Å². The highest BCUT2D eigenvalue weighted by Crippen LogP contribution is 2.42. The number of piperidine rings is 1. The van der Waals surface area contributed by atoms with E-state index in [2.05, 4.69) is 5.32 Å². The van der Waals surface area contributed by atoms with E-state index < -0.39 is 64.1 Å². The highest BCUT2D eigenvalue weighted by molar-refractivity contribution is 8.00. The van der Waals surface area contributed by atoms with Gasteiger partial charge in [-0.15, -0.1) is 23.1 Å². The molecule has 8 rings (SSSR count). The number of fused-ring (bicyclic) bond motifs is 1. The van der Waals surface area contributed by atoms with Gasteiger partial charge >= 0.3 is 23.9 Å². The third-order valence-electron chi connectivity index (χ3n) is 11.1. The van der Waals surface area contributed by atoms with Crippen LogP contribution in [0.2, 0.25) is 0 Å². The van der Waals surface area contributed by atoms with E-state index in [0.29, 0.717) is 61.1 Å². The molecular weight excluding hydrogens is 820 g/mol. The van der Waals surface area contributed by atoms with Crippen molar-refractivity contribution < 1.29 is 52.5 Å². The molecule has 0 radical (unpaired) electrons. The fraction of sp³-hybridized carbons (Fsp3) is 0.357. The third-order valence-corrected chi connectivity index (χ3v) is 13.3. The number of carbonyl (C=O) groups excluding carboxylic acids is 5. The number of aromatic nitrogens is 1. The summed E-state index contributed by atoms with van der Waals surface area (Å²) in [6.45, 7) is 3.48. The number of para-hydroxylation sites is 1. The van der Waals surface area contributed by atoms with Crippen molar-refractivity contribution in [2.45, 2.75) is 69.5 Å². The highest BCUT2D eigenvalue weighted by Gasteiger charge is 2.54. The van der Waals surface area contributed by atoms with E-state index in [9.17, 15) is 38.7 Å². The van der Waals surface area contributed by atoms with E-state index in [-0.39, 0.29) is 53.1 Å². The first-order chi connectivity index (χ1) is 28.8. The first kappa shape index (κ1) is 40.8. The number of ether oxygens (including phenoxy) is 3. The lowest BCUT2D eigenvalue weighted by molar-refractivity contribution is -0.150. The first-order valence-electron chi connectivity index (χ1n) is 19.3. The molecule has 15 nitrogen and oxygen atoms in total. The van der Waals surface area contributed by atoms with E-state index in [1.54, 1.807) is 16.7 Å². The van der Waals surface area contributed by atoms with Crippen molar-refractivity contribution in [3.63, 3.8) is 0 Å². The van der Waals surface area contributed by atoms with Gasteiger partial charge in [0.25, 0.3) is 5.91 Å². The topological polar surface area (TPSA) is 191 Å². The zero-order valence-electron chi connectivity index (χ0n) is 32.4. The number of nitrogens with one attached hydrogen (secondary N) is 1. The van der Waals surface area contributed by atoms with Crippen LogP contribution in [0, 0.1) is 5.82 Å². The number of carboxylic acid groups (broad SMARTS) is 1. The monoisotopic (exact) mass is 858 g/mol. The SMILES string of the molecule is CC(=O)OCC1=C(C(=O)Oc2ccccc2C(=O)OC2CCN(c3c(F)cc4c(=O)c(C(=O)O)cn5c4c3CCC5C)CC2)N2C(=O)[C@H](NC(=O)Cc3cccs3)[C@H]2SC1. The van der Waals surface area contributed by atoms with Crippen LogP contribution in [0.5, 0.6) is 5.75 Å². The number of amides is 2. The maximum absolute atomic E-state index is 15.9. The zero-order valence-corrected chi connectivity index (χ0v) is 34.1. The predicted octanol–water partition coefficient (Wildman–Crippen LogP) is 4.60. The Balaban J connectivity index is 0.959. The van der Waals surface area contributed by atoms with Gasteiger partial charge in [0.2, 0.25) is 11.3 Å². The molecular formula is C42H39FN4O11S2. The van der Waals surface area contributed by atoms with Crippen molar-refractivity contribution in [2.24, 2.45) is 0 Å². The number of pyridine rings is 1. The number of carboxylic acids is 1. The number of hydrogen-bond donors (Lipinski definition) is 2. The molecule has 2 amide bonds. The highest BCUT2D eigenvalue weighted by atomic mass is 32.2. The Morgan fingerprint density at radius 3 is 2.48 bits per heavy atom. The normalized spacial score (nSPS) is 20.0. The Bertz CT molecular complexity index is 2550. The number of β-lactam (4-membered cyclic amide) rings is 1. The van der Waals surface area contributed by atoms with Crippen molar-refractivity contribution in [1.82, 2.24) is 14.8 Å². The minimum Gasteiger partial charge on any atom is -0.477 e. The molecule has 4 aliphatic heterocycles. The maximum atomic E-state index is 15.9. The lowest BCUT2D eigenvalue weighted by Gasteiger charge is -2.49. The first-order valence-corrected chi connectivity index (χ1v) is 21.3. The lowest BCUT2D eigenvalue weighted by atomic mass is 9.93. The van der Waals surface area contributed by atoms with Crippen molar-refractivity contribution in [3.05, 3.63) is 103 Å². The van der Waals surface area contributed by atoms with E-state index in [1.165, 1.54) is 53.3 Å². The summed E-state index contributed by atoms with van der Waals surface area (Å²) in [7, 11) is 0. The molecule has 312 valence electrons. The van der Waals surface area contributed by atoms with E-state index >= 15 is 4.39 Å². The number of aryl methyl sites for hydroxylation is 1. The van der Waals surface area contributed by atoms with E-state index in [0.717, 1.165) is 10.9 Å². The molecule has 2 fully saturated rings. The minimum absolute atomic E-state index is 0.0228. The second-order valence-electron chi connectivity index (χ2n) is 15.0. The van der Waals surface area contributed by atoms with Crippen LogP contribution in [0.25, 0.3) is 10.9 Å². The number of anilines is 1. The van der Waals surface area contributed by atoms with Crippen LogP contribution in [0.1, 0.15) is 70.3 Å². The summed E-state index contributed by atoms with van der Waals surface area (Å²) in [4.78, 5) is 94.4. The number of halogens is 1. The van der Waals surface area contributed by atoms with E-state index in [1.807, 2.05) is 29.3 Å². The molecule has 2 aromatic carbocycles. The van der Waals surface area contributed by atoms with Gasteiger partial charge in [0.05, 0.1) is 17.6 Å². The smallest absolute Gasteiger partial charge is 0.360 e. The predicted molar refractivity (Wildman–Crippen MR) is 218 cm³/mol. The summed E-state index contributed by atoms with van der Waals surface area (Å²) in [5, 5.41) is 13.6. The van der Waals surface area contributed by atoms with Crippen LogP contribution in [0.15, 0.2) is 70.1 Å². The molecule has 0 spiro atoms.